The van der Waals surface area contributed by atoms with E-state index in [1.807, 2.05) is 19.2 Å². The minimum atomic E-state index is -0.200. The molecule has 0 radical (unpaired) electrons. The standard InChI is InChI=1S/C15H20FN3/c1-3-5-15-18-8-9-19(15)14-7-6-13(16)10-12(14)11-17-4-2/h6-10,17H,3-5,11H2,1-2H3. The quantitative estimate of drug-likeness (QED) is 0.866. The minimum absolute atomic E-state index is 0.200. The van der Waals surface area contributed by atoms with Crippen molar-refractivity contribution in [1.29, 1.82) is 0 Å². The third-order valence-electron chi connectivity index (χ3n) is 3.06. The van der Waals surface area contributed by atoms with Gasteiger partial charge in [0.15, 0.2) is 0 Å². The summed E-state index contributed by atoms with van der Waals surface area (Å²) in [4.78, 5) is 4.37. The number of rotatable bonds is 6. The molecule has 2 aromatic rings. The zero-order valence-electron chi connectivity index (χ0n) is 11.5. The van der Waals surface area contributed by atoms with Gasteiger partial charge in [0.1, 0.15) is 11.6 Å². The van der Waals surface area contributed by atoms with Gasteiger partial charge in [-0.2, -0.15) is 0 Å². The summed E-state index contributed by atoms with van der Waals surface area (Å²) in [7, 11) is 0. The number of halogens is 1. The van der Waals surface area contributed by atoms with Crippen LogP contribution in [0.5, 0.6) is 0 Å². The molecule has 1 heterocycles. The van der Waals surface area contributed by atoms with Gasteiger partial charge in [-0.3, -0.25) is 0 Å². The average Bonchev–Trinajstić information content (AvgIpc) is 2.85. The molecule has 1 aromatic heterocycles. The first-order valence-corrected chi connectivity index (χ1v) is 6.78. The van der Waals surface area contributed by atoms with Crippen molar-refractivity contribution in [2.45, 2.75) is 33.2 Å². The molecule has 1 N–H and O–H groups in total. The monoisotopic (exact) mass is 261 g/mol. The summed E-state index contributed by atoms with van der Waals surface area (Å²) in [5, 5.41) is 3.25. The predicted molar refractivity (Wildman–Crippen MR) is 74.9 cm³/mol. The second-order valence-corrected chi connectivity index (χ2v) is 4.52. The number of nitrogens with one attached hydrogen (secondary N) is 1. The molecular weight excluding hydrogens is 241 g/mol. The van der Waals surface area contributed by atoms with Gasteiger partial charge in [-0.05, 0) is 36.7 Å². The van der Waals surface area contributed by atoms with Crippen LogP contribution in [0.4, 0.5) is 4.39 Å². The second-order valence-electron chi connectivity index (χ2n) is 4.52. The average molecular weight is 261 g/mol. The molecule has 0 spiro atoms. The van der Waals surface area contributed by atoms with Crippen molar-refractivity contribution in [3.8, 4) is 5.69 Å². The summed E-state index contributed by atoms with van der Waals surface area (Å²) < 4.78 is 15.5. The Morgan fingerprint density at radius 2 is 2.16 bits per heavy atom. The summed E-state index contributed by atoms with van der Waals surface area (Å²) in [6.45, 7) is 5.69. The molecule has 0 aliphatic heterocycles. The van der Waals surface area contributed by atoms with Crippen LogP contribution >= 0.6 is 0 Å². The molecule has 0 atom stereocenters. The lowest BCUT2D eigenvalue weighted by Crippen LogP contribution is -2.14. The van der Waals surface area contributed by atoms with Gasteiger partial charge in [-0.1, -0.05) is 13.8 Å². The Balaban J connectivity index is 2.39. The van der Waals surface area contributed by atoms with Crippen LogP contribution in [0.3, 0.4) is 0 Å². The molecule has 3 nitrogen and oxygen atoms in total. The largest absolute Gasteiger partial charge is 0.313 e. The number of hydrogen-bond acceptors (Lipinski definition) is 2. The fourth-order valence-electron chi connectivity index (χ4n) is 2.15. The highest BCUT2D eigenvalue weighted by molar-refractivity contribution is 5.42. The Hall–Kier alpha value is -1.68. The van der Waals surface area contributed by atoms with Gasteiger partial charge in [0.05, 0.1) is 5.69 Å². The van der Waals surface area contributed by atoms with E-state index in [4.69, 9.17) is 0 Å². The molecule has 0 fully saturated rings. The normalized spacial score (nSPS) is 10.9. The Morgan fingerprint density at radius 3 is 2.89 bits per heavy atom. The van der Waals surface area contributed by atoms with Crippen molar-refractivity contribution in [3.63, 3.8) is 0 Å². The molecule has 0 saturated heterocycles. The maximum atomic E-state index is 13.4. The van der Waals surface area contributed by atoms with Crippen LogP contribution in [-0.2, 0) is 13.0 Å². The number of nitrogens with zero attached hydrogens (tertiary/aromatic N) is 2. The maximum Gasteiger partial charge on any atom is 0.123 e. The third kappa shape index (κ3) is 3.20. The number of aromatic nitrogens is 2. The Morgan fingerprint density at radius 1 is 1.32 bits per heavy atom. The highest BCUT2D eigenvalue weighted by Gasteiger charge is 2.09. The van der Waals surface area contributed by atoms with Crippen LogP contribution in [0, 0.1) is 5.82 Å². The van der Waals surface area contributed by atoms with Crippen molar-refractivity contribution in [1.82, 2.24) is 14.9 Å². The predicted octanol–water partition coefficient (Wildman–Crippen LogP) is 3.07. The summed E-state index contributed by atoms with van der Waals surface area (Å²) in [6.07, 6.45) is 5.70. The summed E-state index contributed by atoms with van der Waals surface area (Å²) in [5.41, 5.74) is 1.96. The first-order valence-electron chi connectivity index (χ1n) is 6.78. The molecule has 4 heteroatoms. The number of hydrogen-bond donors (Lipinski definition) is 1. The van der Waals surface area contributed by atoms with Gasteiger partial charge >= 0.3 is 0 Å². The lowest BCUT2D eigenvalue weighted by molar-refractivity contribution is 0.620. The molecule has 0 bridgehead atoms. The molecule has 2 rings (SSSR count). The van der Waals surface area contributed by atoms with Gasteiger partial charge in [-0.15, -0.1) is 0 Å². The van der Waals surface area contributed by atoms with Crippen LogP contribution in [0.1, 0.15) is 31.7 Å². The zero-order chi connectivity index (χ0) is 13.7. The first-order chi connectivity index (χ1) is 9.26. The van der Waals surface area contributed by atoms with Gasteiger partial charge in [-0.25, -0.2) is 9.37 Å². The van der Waals surface area contributed by atoms with E-state index in [1.165, 1.54) is 6.07 Å². The number of aryl methyl sites for hydroxylation is 1. The molecule has 102 valence electrons. The second kappa shape index (κ2) is 6.48. The SMILES string of the molecule is CCCc1nccn1-c1ccc(F)cc1CNCC. The lowest BCUT2D eigenvalue weighted by Gasteiger charge is -2.13. The van der Waals surface area contributed by atoms with E-state index in [0.717, 1.165) is 36.5 Å². The van der Waals surface area contributed by atoms with E-state index < -0.39 is 0 Å². The van der Waals surface area contributed by atoms with E-state index in [2.05, 4.69) is 21.8 Å². The molecule has 1 aromatic carbocycles. The van der Waals surface area contributed by atoms with Crippen molar-refractivity contribution in [2.24, 2.45) is 0 Å². The van der Waals surface area contributed by atoms with Crippen molar-refractivity contribution < 1.29 is 4.39 Å². The van der Waals surface area contributed by atoms with E-state index >= 15 is 0 Å². The highest BCUT2D eigenvalue weighted by Crippen LogP contribution is 2.18. The Bertz CT molecular complexity index is 534. The van der Waals surface area contributed by atoms with Crippen molar-refractivity contribution >= 4 is 0 Å². The van der Waals surface area contributed by atoms with Gasteiger partial charge in [0, 0.05) is 25.4 Å². The van der Waals surface area contributed by atoms with Gasteiger partial charge < -0.3 is 9.88 Å². The fraction of sp³-hybridized carbons (Fsp3) is 0.400. The Kier molecular flexibility index (Phi) is 4.68. The molecule has 0 saturated carbocycles. The van der Waals surface area contributed by atoms with Crippen LogP contribution in [-0.4, -0.2) is 16.1 Å². The summed E-state index contributed by atoms with van der Waals surface area (Å²) in [5.74, 6) is 0.820. The highest BCUT2D eigenvalue weighted by atomic mass is 19.1. The van der Waals surface area contributed by atoms with E-state index in [9.17, 15) is 4.39 Å². The minimum Gasteiger partial charge on any atom is -0.313 e. The lowest BCUT2D eigenvalue weighted by atomic mass is 10.1. The fourth-order valence-corrected chi connectivity index (χ4v) is 2.15. The molecule has 0 aliphatic rings. The van der Waals surface area contributed by atoms with Crippen LogP contribution in [0.2, 0.25) is 0 Å². The van der Waals surface area contributed by atoms with E-state index in [1.54, 1.807) is 12.3 Å². The van der Waals surface area contributed by atoms with Crippen LogP contribution in [0.25, 0.3) is 5.69 Å². The van der Waals surface area contributed by atoms with E-state index in [-0.39, 0.29) is 5.82 Å². The topological polar surface area (TPSA) is 29.9 Å². The maximum absolute atomic E-state index is 13.4. The Labute approximate surface area is 113 Å². The third-order valence-corrected chi connectivity index (χ3v) is 3.06. The summed E-state index contributed by atoms with van der Waals surface area (Å²) in [6, 6.07) is 4.91. The van der Waals surface area contributed by atoms with Crippen LogP contribution < -0.4 is 5.32 Å². The zero-order valence-corrected chi connectivity index (χ0v) is 11.5. The summed E-state index contributed by atoms with van der Waals surface area (Å²) >= 11 is 0. The molecule has 19 heavy (non-hydrogen) atoms. The smallest absolute Gasteiger partial charge is 0.123 e. The molecule has 0 aliphatic carbocycles. The van der Waals surface area contributed by atoms with Gasteiger partial charge in [0.25, 0.3) is 0 Å². The molecular formula is C15H20FN3. The molecule has 0 amide bonds. The van der Waals surface area contributed by atoms with Crippen molar-refractivity contribution in [2.75, 3.05) is 6.54 Å². The van der Waals surface area contributed by atoms with E-state index in [0.29, 0.717) is 6.54 Å². The molecule has 0 unspecified atom stereocenters. The number of benzene rings is 1. The van der Waals surface area contributed by atoms with Gasteiger partial charge in [0.2, 0.25) is 0 Å². The van der Waals surface area contributed by atoms with Crippen LogP contribution in [0.15, 0.2) is 30.6 Å². The first kappa shape index (κ1) is 13.7. The number of imidazole rings is 1. The van der Waals surface area contributed by atoms with Crippen molar-refractivity contribution in [3.05, 3.63) is 47.8 Å².